The lowest BCUT2D eigenvalue weighted by molar-refractivity contribution is -0.149. The minimum Gasteiger partial charge on any atom is -0.481 e. The monoisotopic (exact) mass is 266 g/mol. The first-order chi connectivity index (χ1) is 9.12. The topological polar surface area (TPSA) is 46.5 Å². The number of carboxylic acid groups (broad SMARTS) is 1. The molecule has 0 bridgehead atoms. The van der Waals surface area contributed by atoms with Gasteiger partial charge in [0.15, 0.2) is 0 Å². The number of hydrogen-bond acceptors (Lipinski definition) is 2. The molecule has 0 aromatic heterocycles. The standard InChI is InChI=1S/C16H26O3/c1-4-7-13-8-6-11-16(10-5-2,15(17)18)14(13)9-12-19-3/h6,8,11,14H,4-5,7,9-10,12H2,1-3H3,(H,17,18). The number of hydrogen-bond donors (Lipinski definition) is 1. The van der Waals surface area contributed by atoms with Crippen LogP contribution in [0.4, 0.5) is 0 Å². The molecule has 3 heteroatoms. The predicted octanol–water partition coefficient (Wildman–Crippen LogP) is 3.81. The Kier molecular flexibility index (Phi) is 6.29. The van der Waals surface area contributed by atoms with Gasteiger partial charge in [0.2, 0.25) is 0 Å². The quantitative estimate of drug-likeness (QED) is 0.726. The fourth-order valence-electron chi connectivity index (χ4n) is 3.13. The normalized spacial score (nSPS) is 26.3. The lowest BCUT2D eigenvalue weighted by Gasteiger charge is -2.38. The van der Waals surface area contributed by atoms with E-state index in [0.717, 1.165) is 25.7 Å². The lowest BCUT2D eigenvalue weighted by Crippen LogP contribution is -2.40. The van der Waals surface area contributed by atoms with Crippen molar-refractivity contribution in [3.8, 4) is 0 Å². The van der Waals surface area contributed by atoms with Crippen molar-refractivity contribution in [3.05, 3.63) is 23.8 Å². The minimum absolute atomic E-state index is 0.0647. The first-order valence-electron chi connectivity index (χ1n) is 7.23. The highest BCUT2D eigenvalue weighted by molar-refractivity contribution is 5.79. The summed E-state index contributed by atoms with van der Waals surface area (Å²) in [4.78, 5) is 11.9. The van der Waals surface area contributed by atoms with Gasteiger partial charge in [-0.15, -0.1) is 0 Å². The van der Waals surface area contributed by atoms with Gasteiger partial charge >= 0.3 is 5.97 Å². The van der Waals surface area contributed by atoms with Crippen molar-refractivity contribution in [3.63, 3.8) is 0 Å². The molecule has 0 fully saturated rings. The Labute approximate surface area is 116 Å². The molecule has 19 heavy (non-hydrogen) atoms. The zero-order valence-electron chi connectivity index (χ0n) is 12.3. The maximum Gasteiger partial charge on any atom is 0.314 e. The second-order valence-corrected chi connectivity index (χ2v) is 5.28. The lowest BCUT2D eigenvalue weighted by atomic mass is 9.64. The molecule has 1 aliphatic carbocycles. The van der Waals surface area contributed by atoms with E-state index in [1.54, 1.807) is 7.11 Å². The van der Waals surface area contributed by atoms with Gasteiger partial charge in [0.05, 0.1) is 5.41 Å². The molecular formula is C16H26O3. The highest BCUT2D eigenvalue weighted by atomic mass is 16.5. The van der Waals surface area contributed by atoms with Crippen molar-refractivity contribution >= 4 is 5.97 Å². The summed E-state index contributed by atoms with van der Waals surface area (Å²) in [5.41, 5.74) is 0.518. The number of carbonyl (C=O) groups is 1. The van der Waals surface area contributed by atoms with Crippen molar-refractivity contribution in [1.82, 2.24) is 0 Å². The molecule has 0 aromatic rings. The van der Waals surface area contributed by atoms with Gasteiger partial charge in [-0.25, -0.2) is 0 Å². The summed E-state index contributed by atoms with van der Waals surface area (Å²) < 4.78 is 5.18. The van der Waals surface area contributed by atoms with Crippen LogP contribution in [0, 0.1) is 11.3 Å². The molecule has 0 heterocycles. The molecule has 2 unspecified atom stereocenters. The third kappa shape index (κ3) is 3.47. The second kappa shape index (κ2) is 7.49. The smallest absolute Gasteiger partial charge is 0.314 e. The van der Waals surface area contributed by atoms with Gasteiger partial charge in [-0.3, -0.25) is 4.79 Å². The molecule has 0 radical (unpaired) electrons. The number of methoxy groups -OCH3 is 1. The number of rotatable bonds is 8. The third-order valence-corrected chi connectivity index (χ3v) is 3.98. The van der Waals surface area contributed by atoms with Gasteiger partial charge in [0.1, 0.15) is 0 Å². The molecule has 1 aliphatic rings. The van der Waals surface area contributed by atoms with Crippen LogP contribution in [0.1, 0.15) is 46.0 Å². The molecule has 0 saturated carbocycles. The molecule has 0 aromatic carbocycles. The average molecular weight is 266 g/mol. The van der Waals surface area contributed by atoms with E-state index < -0.39 is 11.4 Å². The van der Waals surface area contributed by atoms with Crippen LogP contribution in [0.3, 0.4) is 0 Å². The van der Waals surface area contributed by atoms with Crippen LogP contribution < -0.4 is 0 Å². The SMILES string of the molecule is CCCC1=CC=CC(CCC)(C(=O)O)C1CCOC. The molecular weight excluding hydrogens is 240 g/mol. The van der Waals surface area contributed by atoms with Crippen LogP contribution in [0.5, 0.6) is 0 Å². The Morgan fingerprint density at radius 1 is 1.42 bits per heavy atom. The number of carboxylic acids is 1. The summed E-state index contributed by atoms with van der Waals surface area (Å²) in [6.07, 6.45) is 10.3. The Balaban J connectivity index is 3.08. The van der Waals surface area contributed by atoms with Crippen LogP contribution in [0.15, 0.2) is 23.8 Å². The Bertz CT molecular complexity index is 357. The molecule has 0 spiro atoms. The van der Waals surface area contributed by atoms with Gasteiger partial charge in [0, 0.05) is 19.6 Å². The van der Waals surface area contributed by atoms with Gasteiger partial charge < -0.3 is 9.84 Å². The summed E-state index contributed by atoms with van der Waals surface area (Å²) in [6, 6.07) is 0. The van der Waals surface area contributed by atoms with E-state index in [9.17, 15) is 9.90 Å². The molecule has 108 valence electrons. The van der Waals surface area contributed by atoms with Gasteiger partial charge in [0.25, 0.3) is 0 Å². The van der Waals surface area contributed by atoms with Crippen LogP contribution >= 0.6 is 0 Å². The van der Waals surface area contributed by atoms with E-state index in [4.69, 9.17) is 4.74 Å². The highest BCUT2D eigenvalue weighted by Gasteiger charge is 2.45. The van der Waals surface area contributed by atoms with Crippen molar-refractivity contribution in [2.24, 2.45) is 11.3 Å². The van der Waals surface area contributed by atoms with Crippen LogP contribution in [-0.2, 0) is 9.53 Å². The molecule has 1 rings (SSSR count). The van der Waals surface area contributed by atoms with Gasteiger partial charge in [-0.1, -0.05) is 50.5 Å². The van der Waals surface area contributed by atoms with E-state index in [0.29, 0.717) is 13.0 Å². The number of allylic oxidation sites excluding steroid dienone is 3. The number of aliphatic carboxylic acids is 1. The first kappa shape index (κ1) is 16.0. The van der Waals surface area contributed by atoms with Crippen molar-refractivity contribution < 1.29 is 14.6 Å². The average Bonchev–Trinajstić information content (AvgIpc) is 2.38. The maximum atomic E-state index is 11.9. The maximum absolute atomic E-state index is 11.9. The summed E-state index contributed by atoms with van der Waals surface area (Å²) in [6.45, 7) is 4.79. The molecule has 1 N–H and O–H groups in total. The van der Waals surface area contributed by atoms with E-state index >= 15 is 0 Å². The van der Waals surface area contributed by atoms with E-state index in [-0.39, 0.29) is 5.92 Å². The van der Waals surface area contributed by atoms with E-state index in [1.165, 1.54) is 5.57 Å². The molecule has 0 saturated heterocycles. The zero-order chi connectivity index (χ0) is 14.3. The summed E-state index contributed by atoms with van der Waals surface area (Å²) >= 11 is 0. The fourth-order valence-corrected chi connectivity index (χ4v) is 3.13. The van der Waals surface area contributed by atoms with Gasteiger partial charge in [-0.2, -0.15) is 0 Å². The van der Waals surface area contributed by atoms with Crippen molar-refractivity contribution in [2.75, 3.05) is 13.7 Å². The highest BCUT2D eigenvalue weighted by Crippen LogP contribution is 2.45. The van der Waals surface area contributed by atoms with Crippen molar-refractivity contribution in [2.45, 2.75) is 46.0 Å². The minimum atomic E-state index is -0.744. The summed E-state index contributed by atoms with van der Waals surface area (Å²) in [5, 5.41) is 9.76. The fraction of sp³-hybridized carbons (Fsp3) is 0.688. The third-order valence-electron chi connectivity index (χ3n) is 3.98. The van der Waals surface area contributed by atoms with Gasteiger partial charge in [-0.05, 0) is 19.3 Å². The second-order valence-electron chi connectivity index (χ2n) is 5.28. The van der Waals surface area contributed by atoms with E-state index in [2.05, 4.69) is 13.0 Å². The first-order valence-corrected chi connectivity index (χ1v) is 7.23. The van der Waals surface area contributed by atoms with Crippen LogP contribution in [0.25, 0.3) is 0 Å². The van der Waals surface area contributed by atoms with Crippen LogP contribution in [0.2, 0.25) is 0 Å². The molecule has 2 atom stereocenters. The molecule has 0 amide bonds. The van der Waals surface area contributed by atoms with Crippen molar-refractivity contribution in [1.29, 1.82) is 0 Å². The Morgan fingerprint density at radius 2 is 2.16 bits per heavy atom. The molecule has 3 nitrogen and oxygen atoms in total. The zero-order valence-corrected chi connectivity index (χ0v) is 12.3. The Hall–Kier alpha value is -1.09. The Morgan fingerprint density at radius 3 is 2.68 bits per heavy atom. The summed E-state index contributed by atoms with van der Waals surface area (Å²) in [5.74, 6) is -0.636. The summed E-state index contributed by atoms with van der Waals surface area (Å²) in [7, 11) is 1.67. The molecule has 0 aliphatic heterocycles. The van der Waals surface area contributed by atoms with Crippen LogP contribution in [-0.4, -0.2) is 24.8 Å². The largest absolute Gasteiger partial charge is 0.481 e. The predicted molar refractivity (Wildman–Crippen MR) is 77.1 cm³/mol. The van der Waals surface area contributed by atoms with E-state index in [1.807, 2.05) is 19.1 Å². The number of ether oxygens (including phenoxy) is 1.